The van der Waals surface area contributed by atoms with Crippen molar-refractivity contribution in [3.05, 3.63) is 46.8 Å². The molecule has 2 fully saturated rings. The standard InChI is InChI=1S/C19H26N4O/c1-12-3-6-14(19(24)23-15(9-20)11-21-2)7-16(12)17-8-18(17)22-10-13-4-5-13/h3,6-7,9,11,13,17-18,22H,4-5,8,10,20H2,1-2H3,(H,23,24). The number of nitrogens with one attached hydrogen (secondary N) is 2. The van der Waals surface area contributed by atoms with Crippen LogP contribution in [0.2, 0.25) is 0 Å². The van der Waals surface area contributed by atoms with E-state index in [1.807, 2.05) is 18.2 Å². The smallest absolute Gasteiger partial charge is 0.255 e. The van der Waals surface area contributed by atoms with Crippen molar-refractivity contribution in [2.75, 3.05) is 13.6 Å². The first kappa shape index (κ1) is 16.7. The van der Waals surface area contributed by atoms with E-state index in [2.05, 4.69) is 22.5 Å². The molecule has 1 aromatic carbocycles. The van der Waals surface area contributed by atoms with Gasteiger partial charge in [0.05, 0.1) is 5.70 Å². The third-order valence-corrected chi connectivity index (χ3v) is 4.80. The van der Waals surface area contributed by atoms with Crippen molar-refractivity contribution in [3.8, 4) is 0 Å². The molecule has 3 rings (SSSR count). The predicted molar refractivity (Wildman–Crippen MR) is 97.2 cm³/mol. The second kappa shape index (κ2) is 7.18. The number of nitrogens with two attached hydrogens (primary N) is 1. The predicted octanol–water partition coefficient (Wildman–Crippen LogP) is 2.08. The summed E-state index contributed by atoms with van der Waals surface area (Å²) in [5.41, 5.74) is 9.19. The van der Waals surface area contributed by atoms with Gasteiger partial charge in [-0.2, -0.15) is 0 Å². The second-order valence-corrected chi connectivity index (χ2v) is 6.84. The third-order valence-electron chi connectivity index (χ3n) is 4.80. The lowest BCUT2D eigenvalue weighted by molar-refractivity contribution is 0.0968. The highest BCUT2D eigenvalue weighted by molar-refractivity contribution is 5.99. The van der Waals surface area contributed by atoms with Crippen LogP contribution in [0.4, 0.5) is 0 Å². The van der Waals surface area contributed by atoms with E-state index < -0.39 is 0 Å². The molecule has 0 heterocycles. The zero-order chi connectivity index (χ0) is 17.1. The van der Waals surface area contributed by atoms with Crippen molar-refractivity contribution in [1.29, 1.82) is 0 Å². The number of carbonyl (C=O) groups excluding carboxylic acids is 1. The number of benzene rings is 1. The van der Waals surface area contributed by atoms with Crippen LogP contribution in [0, 0.1) is 12.8 Å². The van der Waals surface area contributed by atoms with Gasteiger partial charge < -0.3 is 16.4 Å². The fraction of sp³-hybridized carbons (Fsp3) is 0.474. The van der Waals surface area contributed by atoms with Gasteiger partial charge in [0, 0.05) is 37.0 Å². The Kier molecular flexibility index (Phi) is 5.00. The van der Waals surface area contributed by atoms with E-state index in [4.69, 9.17) is 5.73 Å². The summed E-state index contributed by atoms with van der Waals surface area (Å²) in [6.07, 6.45) is 6.79. The molecule has 2 aliphatic carbocycles. The fourth-order valence-electron chi connectivity index (χ4n) is 3.04. The molecule has 0 bridgehead atoms. The molecular weight excluding hydrogens is 300 g/mol. The number of aryl methyl sites for hydroxylation is 1. The van der Waals surface area contributed by atoms with Crippen molar-refractivity contribution >= 4 is 12.1 Å². The molecule has 1 amide bonds. The molecule has 0 aromatic heterocycles. The van der Waals surface area contributed by atoms with Gasteiger partial charge >= 0.3 is 0 Å². The summed E-state index contributed by atoms with van der Waals surface area (Å²) >= 11 is 0. The molecule has 1 aromatic rings. The maximum atomic E-state index is 12.4. The molecule has 0 radical (unpaired) electrons. The highest BCUT2D eigenvalue weighted by Gasteiger charge is 2.39. The van der Waals surface area contributed by atoms with Gasteiger partial charge in [-0.3, -0.25) is 9.79 Å². The minimum Gasteiger partial charge on any atom is -0.403 e. The van der Waals surface area contributed by atoms with Crippen LogP contribution >= 0.6 is 0 Å². The molecule has 2 atom stereocenters. The van der Waals surface area contributed by atoms with E-state index in [1.54, 1.807) is 7.05 Å². The molecule has 2 unspecified atom stereocenters. The molecule has 0 aliphatic heterocycles. The number of hydrogen-bond acceptors (Lipinski definition) is 4. The zero-order valence-corrected chi connectivity index (χ0v) is 14.4. The van der Waals surface area contributed by atoms with Crippen LogP contribution in [0.15, 0.2) is 35.1 Å². The van der Waals surface area contributed by atoms with Crippen LogP contribution in [0.25, 0.3) is 0 Å². The highest BCUT2D eigenvalue weighted by Crippen LogP contribution is 2.43. The average Bonchev–Trinajstić information content (AvgIpc) is 3.47. The lowest BCUT2D eigenvalue weighted by atomic mass is 10.0. The lowest BCUT2D eigenvalue weighted by Crippen LogP contribution is -2.24. The fourth-order valence-corrected chi connectivity index (χ4v) is 3.04. The summed E-state index contributed by atoms with van der Waals surface area (Å²) < 4.78 is 0. The Morgan fingerprint density at radius 1 is 1.42 bits per heavy atom. The minimum atomic E-state index is -0.156. The first-order valence-electron chi connectivity index (χ1n) is 8.61. The lowest BCUT2D eigenvalue weighted by Gasteiger charge is -2.10. The Hall–Kier alpha value is -2.14. The van der Waals surface area contributed by atoms with Crippen LogP contribution in [-0.4, -0.2) is 31.8 Å². The van der Waals surface area contributed by atoms with Gasteiger partial charge in [0.1, 0.15) is 0 Å². The molecule has 0 saturated heterocycles. The van der Waals surface area contributed by atoms with Gasteiger partial charge in [0.15, 0.2) is 0 Å². The molecule has 128 valence electrons. The molecular formula is C19H26N4O. The van der Waals surface area contributed by atoms with Crippen LogP contribution in [0.3, 0.4) is 0 Å². The Morgan fingerprint density at radius 3 is 2.88 bits per heavy atom. The van der Waals surface area contributed by atoms with Crippen molar-refractivity contribution < 1.29 is 4.79 Å². The summed E-state index contributed by atoms with van der Waals surface area (Å²) in [6.45, 7) is 3.25. The van der Waals surface area contributed by atoms with Gasteiger partial charge in [0.2, 0.25) is 0 Å². The monoisotopic (exact) mass is 326 g/mol. The highest BCUT2D eigenvalue weighted by atomic mass is 16.1. The first-order valence-corrected chi connectivity index (χ1v) is 8.61. The van der Waals surface area contributed by atoms with E-state index in [1.165, 1.54) is 36.4 Å². The summed E-state index contributed by atoms with van der Waals surface area (Å²) in [5.74, 6) is 1.26. The zero-order valence-electron chi connectivity index (χ0n) is 14.4. The average molecular weight is 326 g/mol. The Bertz CT molecular complexity index is 676. The summed E-state index contributed by atoms with van der Waals surface area (Å²) in [7, 11) is 1.64. The van der Waals surface area contributed by atoms with Crippen LogP contribution in [-0.2, 0) is 0 Å². The Morgan fingerprint density at radius 2 is 2.21 bits per heavy atom. The van der Waals surface area contributed by atoms with Crippen molar-refractivity contribution in [1.82, 2.24) is 10.6 Å². The first-order chi connectivity index (χ1) is 11.6. The third kappa shape index (κ3) is 4.03. The van der Waals surface area contributed by atoms with Gasteiger partial charge in [-0.05, 0) is 61.9 Å². The van der Waals surface area contributed by atoms with Gasteiger partial charge in [-0.15, -0.1) is 0 Å². The molecule has 0 spiro atoms. The van der Waals surface area contributed by atoms with Crippen LogP contribution in [0.1, 0.15) is 46.7 Å². The number of allylic oxidation sites excluding steroid dienone is 1. The quantitative estimate of drug-likeness (QED) is 0.671. The molecule has 5 nitrogen and oxygen atoms in total. The Labute approximate surface area is 143 Å². The van der Waals surface area contributed by atoms with Crippen molar-refractivity contribution in [2.45, 2.75) is 38.1 Å². The maximum absolute atomic E-state index is 12.4. The van der Waals surface area contributed by atoms with E-state index in [0.29, 0.717) is 23.2 Å². The normalized spacial score (nSPS) is 23.5. The molecule has 4 N–H and O–H groups in total. The van der Waals surface area contributed by atoms with Crippen LogP contribution < -0.4 is 16.4 Å². The summed E-state index contributed by atoms with van der Waals surface area (Å²) in [6, 6.07) is 6.47. The number of nitrogens with zero attached hydrogens (tertiary/aromatic N) is 1. The maximum Gasteiger partial charge on any atom is 0.255 e. The van der Waals surface area contributed by atoms with E-state index in [0.717, 1.165) is 18.9 Å². The molecule has 24 heavy (non-hydrogen) atoms. The molecule has 2 saturated carbocycles. The number of carbonyl (C=O) groups is 1. The number of hydrogen-bond donors (Lipinski definition) is 3. The number of amides is 1. The summed E-state index contributed by atoms with van der Waals surface area (Å²) in [5, 5.41) is 6.44. The largest absolute Gasteiger partial charge is 0.403 e. The Balaban J connectivity index is 1.66. The van der Waals surface area contributed by atoms with Crippen LogP contribution in [0.5, 0.6) is 0 Å². The minimum absolute atomic E-state index is 0.156. The van der Waals surface area contributed by atoms with Crippen molar-refractivity contribution in [2.24, 2.45) is 16.6 Å². The van der Waals surface area contributed by atoms with Crippen molar-refractivity contribution in [3.63, 3.8) is 0 Å². The van der Waals surface area contributed by atoms with Gasteiger partial charge in [-0.25, -0.2) is 0 Å². The van der Waals surface area contributed by atoms with E-state index in [-0.39, 0.29) is 5.91 Å². The van der Waals surface area contributed by atoms with Gasteiger partial charge in [0.25, 0.3) is 5.91 Å². The SMILES string of the molecule is CN=CC(=CN)NC(=O)c1ccc(C)c(C2CC2NCC2CC2)c1. The molecule has 5 heteroatoms. The number of aliphatic imine (C=N–C) groups is 1. The van der Waals surface area contributed by atoms with Gasteiger partial charge in [-0.1, -0.05) is 6.07 Å². The molecule has 2 aliphatic rings. The number of rotatable bonds is 7. The second-order valence-electron chi connectivity index (χ2n) is 6.84. The topological polar surface area (TPSA) is 79.5 Å². The summed E-state index contributed by atoms with van der Waals surface area (Å²) in [4.78, 5) is 16.3. The van der Waals surface area contributed by atoms with E-state index >= 15 is 0 Å². The van der Waals surface area contributed by atoms with E-state index in [9.17, 15) is 4.79 Å².